The average molecular weight is 496 g/mol. The van der Waals surface area contributed by atoms with Crippen LogP contribution in [0, 0.1) is 0 Å². The molecule has 0 spiro atoms. The first-order valence-electron chi connectivity index (χ1n) is 10.6. The van der Waals surface area contributed by atoms with E-state index in [1.165, 1.54) is 20.3 Å². The summed E-state index contributed by atoms with van der Waals surface area (Å²) in [4.78, 5) is 12.6. The molecule has 2 heterocycles. The molecule has 5 rings (SSSR count). The second kappa shape index (κ2) is 8.55. The predicted octanol–water partition coefficient (Wildman–Crippen LogP) is 3.48. The summed E-state index contributed by atoms with van der Waals surface area (Å²) in [5.41, 5.74) is 1.19. The summed E-state index contributed by atoms with van der Waals surface area (Å²) >= 11 is 0. The lowest BCUT2D eigenvalue weighted by atomic mass is 9.94. The number of carboxylic acid groups (broad SMARTS) is 1. The number of carboxylic acids is 1. The SMILES string of the molecule is COc1ccc(C2=C(C(=O)O)N(Cc3ccc4c(c3)OCO4)S(=O)(=O)c3ccccc32)cc1OC. The van der Waals surface area contributed by atoms with Gasteiger partial charge in [-0.2, -0.15) is 0 Å². The Hall–Kier alpha value is -4.18. The molecular weight excluding hydrogens is 474 g/mol. The molecule has 0 unspecified atom stereocenters. The number of aliphatic carboxylic acids is 1. The van der Waals surface area contributed by atoms with Gasteiger partial charge in [0.2, 0.25) is 6.79 Å². The fourth-order valence-corrected chi connectivity index (χ4v) is 5.92. The number of fused-ring (bicyclic) bond motifs is 2. The molecule has 0 saturated heterocycles. The molecule has 9 nitrogen and oxygen atoms in total. The highest BCUT2D eigenvalue weighted by Crippen LogP contribution is 2.43. The molecule has 35 heavy (non-hydrogen) atoms. The van der Waals surface area contributed by atoms with Crippen molar-refractivity contribution in [3.05, 3.63) is 83.1 Å². The smallest absolute Gasteiger partial charge is 0.353 e. The van der Waals surface area contributed by atoms with E-state index in [-0.39, 0.29) is 29.5 Å². The van der Waals surface area contributed by atoms with E-state index in [0.29, 0.717) is 39.7 Å². The van der Waals surface area contributed by atoms with Crippen LogP contribution < -0.4 is 18.9 Å². The molecular formula is C25H21NO8S. The van der Waals surface area contributed by atoms with E-state index in [9.17, 15) is 18.3 Å². The van der Waals surface area contributed by atoms with Crippen molar-refractivity contribution in [2.45, 2.75) is 11.4 Å². The predicted molar refractivity (Wildman–Crippen MR) is 125 cm³/mol. The van der Waals surface area contributed by atoms with E-state index in [1.54, 1.807) is 54.6 Å². The fourth-order valence-electron chi connectivity index (χ4n) is 4.26. The van der Waals surface area contributed by atoms with Gasteiger partial charge in [0.05, 0.1) is 25.7 Å². The summed E-state index contributed by atoms with van der Waals surface area (Å²) in [7, 11) is -1.23. The maximum absolute atomic E-state index is 13.7. The summed E-state index contributed by atoms with van der Waals surface area (Å²) in [6, 6.07) is 16.3. The van der Waals surface area contributed by atoms with Gasteiger partial charge >= 0.3 is 5.97 Å². The number of benzene rings is 3. The Morgan fingerprint density at radius 3 is 2.46 bits per heavy atom. The van der Waals surface area contributed by atoms with Gasteiger partial charge in [0, 0.05) is 11.1 Å². The third kappa shape index (κ3) is 3.71. The van der Waals surface area contributed by atoms with Gasteiger partial charge in [-0.05, 0) is 41.5 Å². The summed E-state index contributed by atoms with van der Waals surface area (Å²) in [5.74, 6) is 0.477. The third-order valence-corrected chi connectivity index (χ3v) is 7.65. The molecule has 0 aromatic heterocycles. The molecule has 0 amide bonds. The Bertz CT molecular complexity index is 1480. The molecule has 10 heteroatoms. The fraction of sp³-hybridized carbons (Fsp3) is 0.160. The van der Waals surface area contributed by atoms with Crippen LogP contribution in [0.15, 0.2) is 71.3 Å². The van der Waals surface area contributed by atoms with Gasteiger partial charge in [-0.15, -0.1) is 0 Å². The van der Waals surface area contributed by atoms with Crippen molar-refractivity contribution < 1.29 is 37.3 Å². The zero-order valence-corrected chi connectivity index (χ0v) is 19.7. The lowest BCUT2D eigenvalue weighted by molar-refractivity contribution is -0.133. The molecule has 0 atom stereocenters. The van der Waals surface area contributed by atoms with Crippen LogP contribution in [0.2, 0.25) is 0 Å². The number of hydrogen-bond acceptors (Lipinski definition) is 7. The first kappa shape index (κ1) is 22.6. The first-order chi connectivity index (χ1) is 16.8. The Morgan fingerprint density at radius 2 is 1.71 bits per heavy atom. The van der Waals surface area contributed by atoms with Gasteiger partial charge < -0.3 is 24.1 Å². The minimum absolute atomic E-state index is 0.00975. The highest BCUT2D eigenvalue weighted by atomic mass is 32.2. The van der Waals surface area contributed by atoms with Crippen LogP contribution >= 0.6 is 0 Å². The maximum Gasteiger partial charge on any atom is 0.353 e. The van der Waals surface area contributed by atoms with Gasteiger partial charge in [0.15, 0.2) is 23.0 Å². The average Bonchev–Trinajstić information content (AvgIpc) is 3.33. The van der Waals surface area contributed by atoms with Gasteiger partial charge in [-0.25, -0.2) is 13.2 Å². The van der Waals surface area contributed by atoms with Crippen LogP contribution in [-0.2, 0) is 21.4 Å². The Kier molecular flexibility index (Phi) is 5.52. The highest BCUT2D eigenvalue weighted by molar-refractivity contribution is 7.89. The van der Waals surface area contributed by atoms with Crippen LogP contribution in [0.4, 0.5) is 0 Å². The second-order valence-electron chi connectivity index (χ2n) is 7.79. The molecule has 0 saturated carbocycles. The van der Waals surface area contributed by atoms with E-state index in [2.05, 4.69) is 0 Å². The van der Waals surface area contributed by atoms with E-state index >= 15 is 0 Å². The highest BCUT2D eigenvalue weighted by Gasteiger charge is 2.40. The first-order valence-corrected chi connectivity index (χ1v) is 12.0. The van der Waals surface area contributed by atoms with Crippen LogP contribution in [0.5, 0.6) is 23.0 Å². The molecule has 2 aliphatic heterocycles. The zero-order chi connectivity index (χ0) is 24.7. The topological polar surface area (TPSA) is 112 Å². The summed E-state index contributed by atoms with van der Waals surface area (Å²) < 4.78 is 49.7. The van der Waals surface area contributed by atoms with E-state index in [4.69, 9.17) is 18.9 Å². The van der Waals surface area contributed by atoms with Gasteiger partial charge in [-0.1, -0.05) is 30.3 Å². The minimum atomic E-state index is -4.19. The van der Waals surface area contributed by atoms with Crippen LogP contribution in [-0.4, -0.2) is 44.8 Å². The molecule has 180 valence electrons. The van der Waals surface area contributed by atoms with Crippen molar-refractivity contribution in [3.8, 4) is 23.0 Å². The summed E-state index contributed by atoms with van der Waals surface area (Å²) in [6.07, 6.45) is 0. The minimum Gasteiger partial charge on any atom is -0.493 e. The lowest BCUT2D eigenvalue weighted by Crippen LogP contribution is -2.37. The number of rotatable bonds is 6. The van der Waals surface area contributed by atoms with Crippen molar-refractivity contribution in [2.75, 3.05) is 21.0 Å². The lowest BCUT2D eigenvalue weighted by Gasteiger charge is -2.32. The number of sulfonamides is 1. The second-order valence-corrected chi connectivity index (χ2v) is 9.62. The van der Waals surface area contributed by atoms with Crippen LogP contribution in [0.1, 0.15) is 16.7 Å². The van der Waals surface area contributed by atoms with Crippen molar-refractivity contribution >= 4 is 21.6 Å². The molecule has 0 radical (unpaired) electrons. The van der Waals surface area contributed by atoms with E-state index in [0.717, 1.165) is 4.31 Å². The molecule has 0 fully saturated rings. The number of carbonyl (C=O) groups is 1. The molecule has 0 bridgehead atoms. The Balaban J connectivity index is 1.74. The van der Waals surface area contributed by atoms with Crippen molar-refractivity contribution in [1.29, 1.82) is 0 Å². The van der Waals surface area contributed by atoms with Crippen molar-refractivity contribution in [2.24, 2.45) is 0 Å². The standard InChI is InChI=1S/C25H21NO8S/c1-31-18-10-8-16(12-20(18)32-2)23-17-5-3-4-6-22(17)35(29,30)26(24(23)25(27)28)13-15-7-9-19-21(11-15)34-14-33-19/h3-12H,13-14H2,1-2H3,(H,27,28). The normalized spacial score (nSPS) is 15.5. The quantitative estimate of drug-likeness (QED) is 0.553. The van der Waals surface area contributed by atoms with Gasteiger partial charge in [0.25, 0.3) is 10.0 Å². The van der Waals surface area contributed by atoms with Crippen LogP contribution in [0.25, 0.3) is 5.57 Å². The van der Waals surface area contributed by atoms with E-state index < -0.39 is 16.0 Å². The van der Waals surface area contributed by atoms with E-state index in [1.807, 2.05) is 0 Å². The zero-order valence-electron chi connectivity index (χ0n) is 18.8. The number of nitrogens with zero attached hydrogens (tertiary/aromatic N) is 1. The molecule has 1 N–H and O–H groups in total. The number of ether oxygens (including phenoxy) is 4. The number of methoxy groups -OCH3 is 2. The van der Waals surface area contributed by atoms with Crippen molar-refractivity contribution in [3.63, 3.8) is 0 Å². The van der Waals surface area contributed by atoms with Gasteiger partial charge in [0.1, 0.15) is 5.70 Å². The Morgan fingerprint density at radius 1 is 0.971 bits per heavy atom. The van der Waals surface area contributed by atoms with Crippen LogP contribution in [0.3, 0.4) is 0 Å². The summed E-state index contributed by atoms with van der Waals surface area (Å²) in [5, 5.41) is 10.3. The molecule has 3 aromatic carbocycles. The molecule has 3 aromatic rings. The maximum atomic E-state index is 13.7. The number of hydrogen-bond donors (Lipinski definition) is 1. The third-order valence-electron chi connectivity index (χ3n) is 5.85. The molecule has 0 aliphatic carbocycles. The summed E-state index contributed by atoms with van der Waals surface area (Å²) in [6.45, 7) is -0.149. The Labute approximate surface area is 201 Å². The van der Waals surface area contributed by atoms with Crippen molar-refractivity contribution in [1.82, 2.24) is 4.31 Å². The monoisotopic (exact) mass is 495 g/mol. The largest absolute Gasteiger partial charge is 0.493 e. The molecule has 2 aliphatic rings. The van der Waals surface area contributed by atoms with Gasteiger partial charge in [-0.3, -0.25) is 4.31 Å².